The third-order valence-corrected chi connectivity index (χ3v) is 5.28. The highest BCUT2D eigenvalue weighted by Crippen LogP contribution is 2.24. The van der Waals surface area contributed by atoms with E-state index in [1.54, 1.807) is 4.90 Å². The van der Waals surface area contributed by atoms with Crippen molar-refractivity contribution in [1.29, 1.82) is 0 Å². The Hall–Kier alpha value is -1.83. The van der Waals surface area contributed by atoms with E-state index in [9.17, 15) is 9.90 Å². The van der Waals surface area contributed by atoms with Crippen LogP contribution in [0.1, 0.15) is 18.1 Å². The Labute approximate surface area is 155 Å². The molecule has 0 saturated carbocycles. The van der Waals surface area contributed by atoms with E-state index < -0.39 is 0 Å². The van der Waals surface area contributed by atoms with Crippen molar-refractivity contribution in [2.24, 2.45) is 0 Å². The van der Waals surface area contributed by atoms with Gasteiger partial charge in [0, 0.05) is 44.3 Å². The highest BCUT2D eigenvalue weighted by molar-refractivity contribution is 5.74. The monoisotopic (exact) mass is 362 g/mol. The lowest BCUT2D eigenvalue weighted by Crippen LogP contribution is -2.52. The van der Waals surface area contributed by atoms with Gasteiger partial charge in [-0.2, -0.15) is 0 Å². The van der Waals surface area contributed by atoms with Crippen LogP contribution in [-0.4, -0.2) is 84.8 Å². The first-order valence-corrected chi connectivity index (χ1v) is 9.37. The van der Waals surface area contributed by atoms with Crippen LogP contribution in [0.3, 0.4) is 0 Å². The molecule has 2 aliphatic heterocycles. The fourth-order valence-electron chi connectivity index (χ4n) is 3.46. The first-order valence-electron chi connectivity index (χ1n) is 9.37. The quantitative estimate of drug-likeness (QED) is 0.826. The second-order valence-electron chi connectivity index (χ2n) is 7.24. The Morgan fingerprint density at radius 2 is 2.04 bits per heavy atom. The maximum atomic E-state index is 12.6. The number of nitrogens with zero attached hydrogens (tertiary/aromatic N) is 3. The molecule has 0 aromatic heterocycles. The highest BCUT2D eigenvalue weighted by atomic mass is 16.5. The maximum absolute atomic E-state index is 12.6. The van der Waals surface area contributed by atoms with Gasteiger partial charge in [0.1, 0.15) is 12.4 Å². The number of benzene rings is 1. The fourth-order valence-corrected chi connectivity index (χ4v) is 3.46. The van der Waals surface area contributed by atoms with Gasteiger partial charge in [-0.15, -0.1) is 0 Å². The maximum Gasteiger partial charge on any atom is 0.317 e. The molecule has 2 aliphatic rings. The van der Waals surface area contributed by atoms with Gasteiger partial charge in [-0.1, -0.05) is 6.07 Å². The van der Waals surface area contributed by atoms with Crippen LogP contribution in [0.2, 0.25) is 0 Å². The topological polar surface area (TPSA) is 68.3 Å². The van der Waals surface area contributed by atoms with Crippen LogP contribution in [-0.2, 0) is 13.2 Å². The predicted octanol–water partition coefficient (Wildman–Crippen LogP) is 0.719. The minimum Gasteiger partial charge on any atom is -0.491 e. The Bertz CT molecular complexity index is 617. The van der Waals surface area contributed by atoms with Gasteiger partial charge in [0.05, 0.1) is 19.7 Å². The van der Waals surface area contributed by atoms with E-state index in [1.807, 2.05) is 18.2 Å². The first kappa shape index (κ1) is 18.9. The Morgan fingerprint density at radius 3 is 2.77 bits per heavy atom. The van der Waals surface area contributed by atoms with Crippen LogP contribution in [0, 0.1) is 0 Å². The van der Waals surface area contributed by atoms with Crippen LogP contribution in [0.4, 0.5) is 4.79 Å². The van der Waals surface area contributed by atoms with Crippen molar-refractivity contribution in [3.05, 3.63) is 29.3 Å². The number of carbonyl (C=O) groups is 1. The van der Waals surface area contributed by atoms with E-state index in [1.165, 1.54) is 0 Å². The van der Waals surface area contributed by atoms with Crippen LogP contribution >= 0.6 is 0 Å². The lowest BCUT2D eigenvalue weighted by atomic mass is 10.1. The normalized spacial score (nSPS) is 20.0. The molecule has 26 heavy (non-hydrogen) atoms. The molecular weight excluding hydrogens is 332 g/mol. The van der Waals surface area contributed by atoms with Gasteiger partial charge >= 0.3 is 6.03 Å². The summed E-state index contributed by atoms with van der Waals surface area (Å²) in [5.41, 5.74) is 1.77. The first-order chi connectivity index (χ1) is 12.6. The molecule has 2 amide bonds. The second-order valence-corrected chi connectivity index (χ2v) is 7.24. The van der Waals surface area contributed by atoms with Crippen LogP contribution in [0.25, 0.3) is 0 Å². The average molecular weight is 362 g/mol. The SMILES string of the molecule is C[C@H](CNC(=O)N1CCOc2ccc(CO)cc2C1)N1CCN(C)CC1. The molecule has 0 unspecified atom stereocenters. The second kappa shape index (κ2) is 8.70. The number of hydrogen-bond acceptors (Lipinski definition) is 5. The van der Waals surface area contributed by atoms with E-state index in [2.05, 4.69) is 29.1 Å². The van der Waals surface area contributed by atoms with E-state index >= 15 is 0 Å². The summed E-state index contributed by atoms with van der Waals surface area (Å²) < 4.78 is 5.74. The van der Waals surface area contributed by atoms with Gasteiger partial charge in [-0.25, -0.2) is 4.79 Å². The number of aliphatic hydroxyl groups excluding tert-OH is 1. The van der Waals surface area contributed by atoms with Gasteiger partial charge < -0.3 is 25.0 Å². The molecule has 3 rings (SSSR count). The summed E-state index contributed by atoms with van der Waals surface area (Å²) >= 11 is 0. The van der Waals surface area contributed by atoms with Gasteiger partial charge in [-0.3, -0.25) is 4.90 Å². The molecule has 1 atom stereocenters. The zero-order valence-electron chi connectivity index (χ0n) is 15.8. The Kier molecular flexibility index (Phi) is 6.34. The molecule has 144 valence electrons. The van der Waals surface area contributed by atoms with E-state index in [0.717, 1.165) is 43.1 Å². The predicted molar refractivity (Wildman–Crippen MR) is 100 cm³/mol. The summed E-state index contributed by atoms with van der Waals surface area (Å²) in [7, 11) is 2.14. The number of urea groups is 1. The minimum absolute atomic E-state index is 0.0119. The third kappa shape index (κ3) is 4.66. The van der Waals surface area contributed by atoms with E-state index in [4.69, 9.17) is 4.74 Å². The number of likely N-dealkylation sites (N-methyl/N-ethyl adjacent to an activating group) is 1. The van der Waals surface area contributed by atoms with Crippen molar-refractivity contribution in [3.8, 4) is 5.75 Å². The fraction of sp³-hybridized carbons (Fsp3) is 0.632. The molecule has 7 nitrogen and oxygen atoms in total. The number of aliphatic hydroxyl groups is 1. The van der Waals surface area contributed by atoms with Gasteiger partial charge in [0.2, 0.25) is 0 Å². The standard InChI is InChI=1S/C19H30N4O3/c1-15(22-7-5-21(2)6-8-22)12-20-19(25)23-9-10-26-18-4-3-16(14-24)11-17(18)13-23/h3-4,11,15,24H,5-10,12-14H2,1-2H3,(H,20,25)/t15-/m1/s1. The third-order valence-electron chi connectivity index (χ3n) is 5.28. The van der Waals surface area contributed by atoms with E-state index in [-0.39, 0.29) is 12.6 Å². The molecule has 0 bridgehead atoms. The Balaban J connectivity index is 1.54. The number of hydrogen-bond donors (Lipinski definition) is 2. The number of nitrogens with one attached hydrogen (secondary N) is 1. The Morgan fingerprint density at radius 1 is 1.27 bits per heavy atom. The van der Waals surface area contributed by atoms with Crippen molar-refractivity contribution in [2.45, 2.75) is 26.1 Å². The minimum atomic E-state index is -0.0585. The lowest BCUT2D eigenvalue weighted by molar-refractivity contribution is 0.116. The zero-order valence-corrected chi connectivity index (χ0v) is 15.8. The molecule has 0 aliphatic carbocycles. The summed E-state index contributed by atoms with van der Waals surface area (Å²) in [5.74, 6) is 0.795. The molecule has 2 N–H and O–H groups in total. The number of amides is 2. The van der Waals surface area contributed by atoms with Crippen molar-refractivity contribution >= 4 is 6.03 Å². The van der Waals surface area contributed by atoms with Gasteiger partial charge in [-0.05, 0) is 31.7 Å². The molecule has 7 heteroatoms. The van der Waals surface area contributed by atoms with Crippen molar-refractivity contribution in [2.75, 3.05) is 52.9 Å². The lowest BCUT2D eigenvalue weighted by Gasteiger charge is -2.36. The summed E-state index contributed by atoms with van der Waals surface area (Å²) in [6.07, 6.45) is 0. The molecular formula is C19H30N4O3. The number of fused-ring (bicyclic) bond motifs is 1. The van der Waals surface area contributed by atoms with Gasteiger partial charge in [0.15, 0.2) is 0 Å². The molecule has 1 fully saturated rings. The number of piperazine rings is 1. The van der Waals surface area contributed by atoms with Crippen LogP contribution in [0.5, 0.6) is 5.75 Å². The number of carbonyl (C=O) groups excluding carboxylic acids is 1. The highest BCUT2D eigenvalue weighted by Gasteiger charge is 2.23. The molecule has 1 saturated heterocycles. The van der Waals surface area contributed by atoms with Crippen LogP contribution < -0.4 is 10.1 Å². The summed E-state index contributed by atoms with van der Waals surface area (Å²) in [5, 5.41) is 12.4. The van der Waals surface area contributed by atoms with Crippen molar-refractivity contribution in [1.82, 2.24) is 20.0 Å². The molecule has 0 radical (unpaired) electrons. The van der Waals surface area contributed by atoms with Crippen molar-refractivity contribution < 1.29 is 14.6 Å². The number of ether oxygens (including phenoxy) is 1. The molecule has 1 aromatic rings. The summed E-state index contributed by atoms with van der Waals surface area (Å²) in [6.45, 7) is 8.57. The van der Waals surface area contributed by atoms with Crippen molar-refractivity contribution in [3.63, 3.8) is 0 Å². The average Bonchev–Trinajstić information content (AvgIpc) is 2.88. The summed E-state index contributed by atoms with van der Waals surface area (Å²) in [6, 6.07) is 5.90. The number of rotatable bonds is 4. The van der Waals surface area contributed by atoms with Gasteiger partial charge in [0.25, 0.3) is 0 Å². The largest absolute Gasteiger partial charge is 0.491 e. The smallest absolute Gasteiger partial charge is 0.317 e. The molecule has 0 spiro atoms. The van der Waals surface area contributed by atoms with Crippen LogP contribution in [0.15, 0.2) is 18.2 Å². The molecule has 2 heterocycles. The molecule has 1 aromatic carbocycles. The van der Waals surface area contributed by atoms with E-state index in [0.29, 0.717) is 32.3 Å². The zero-order chi connectivity index (χ0) is 18.5. The summed E-state index contributed by atoms with van der Waals surface area (Å²) in [4.78, 5) is 19.2.